The molecule has 1 heteroatoms. The summed E-state index contributed by atoms with van der Waals surface area (Å²) < 4.78 is 2.47. The van der Waals surface area contributed by atoms with Crippen molar-refractivity contribution >= 4 is 21.8 Å². The van der Waals surface area contributed by atoms with Gasteiger partial charge in [-0.05, 0) is 142 Å². The van der Waals surface area contributed by atoms with Gasteiger partial charge in [-0.1, -0.05) is 58.7 Å². The zero-order valence-corrected chi connectivity index (χ0v) is 24.5. The molecule has 0 aliphatic carbocycles. The van der Waals surface area contributed by atoms with Crippen LogP contribution in [0.15, 0.2) is 78.9 Å². The van der Waals surface area contributed by atoms with Gasteiger partial charge < -0.3 is 4.57 Å². The minimum absolute atomic E-state index is 1.20. The second-order valence-electron chi connectivity index (χ2n) is 11.7. The highest BCUT2D eigenvalue weighted by Crippen LogP contribution is 2.39. The Morgan fingerprint density at radius 3 is 1.15 bits per heavy atom. The molecule has 0 aliphatic heterocycles. The molecule has 5 aromatic carbocycles. The smallest absolute Gasteiger partial charge is 0.0541 e. The average molecular weight is 508 g/mol. The fraction of sp³-hybridized carbons (Fsp3) is 0.211. The Hall–Kier alpha value is -4.10. The summed E-state index contributed by atoms with van der Waals surface area (Å²) in [5, 5.41) is 2.62. The highest BCUT2D eigenvalue weighted by Gasteiger charge is 2.18. The zero-order valence-electron chi connectivity index (χ0n) is 24.5. The first-order valence-corrected chi connectivity index (χ1v) is 13.9. The van der Waals surface area contributed by atoms with Crippen molar-refractivity contribution in [3.05, 3.63) is 123 Å². The summed E-state index contributed by atoms with van der Waals surface area (Å²) >= 11 is 0. The van der Waals surface area contributed by atoms with Gasteiger partial charge in [-0.15, -0.1) is 0 Å². The zero-order chi connectivity index (χ0) is 27.6. The molecule has 0 radical (unpaired) electrons. The van der Waals surface area contributed by atoms with E-state index in [-0.39, 0.29) is 0 Å². The van der Waals surface area contributed by atoms with Crippen LogP contribution in [0.1, 0.15) is 44.5 Å². The molecule has 0 atom stereocenters. The molecule has 0 bridgehead atoms. The Balaban J connectivity index is 1.74. The van der Waals surface area contributed by atoms with Gasteiger partial charge in [0, 0.05) is 16.5 Å². The lowest BCUT2D eigenvalue weighted by Crippen LogP contribution is -1.99. The molecule has 0 aliphatic rings. The molecular formula is C38H37N. The van der Waals surface area contributed by atoms with Gasteiger partial charge in [-0.25, -0.2) is 0 Å². The molecule has 0 spiro atoms. The van der Waals surface area contributed by atoms with Crippen molar-refractivity contribution in [2.24, 2.45) is 0 Å². The SMILES string of the molecule is Cc1cc(C)c(-c2cc(-c3c(C)cc(C)cc3C)cc(-n3c4ccc(C)cc4c4cc(C)ccc43)c2)c(C)c1. The van der Waals surface area contributed by atoms with E-state index in [0.717, 1.165) is 0 Å². The van der Waals surface area contributed by atoms with Crippen LogP contribution in [-0.4, -0.2) is 4.57 Å². The van der Waals surface area contributed by atoms with E-state index in [0.29, 0.717) is 0 Å². The van der Waals surface area contributed by atoms with Crippen molar-refractivity contribution < 1.29 is 0 Å². The van der Waals surface area contributed by atoms with Gasteiger partial charge >= 0.3 is 0 Å². The van der Waals surface area contributed by atoms with Crippen molar-refractivity contribution in [2.75, 3.05) is 0 Å². The highest BCUT2D eigenvalue weighted by molar-refractivity contribution is 6.10. The van der Waals surface area contributed by atoms with E-state index in [1.807, 2.05) is 0 Å². The van der Waals surface area contributed by atoms with Crippen molar-refractivity contribution in [3.63, 3.8) is 0 Å². The number of rotatable bonds is 3. The first-order chi connectivity index (χ1) is 18.6. The molecule has 0 amide bonds. The van der Waals surface area contributed by atoms with Crippen LogP contribution >= 0.6 is 0 Å². The third-order valence-electron chi connectivity index (χ3n) is 8.18. The van der Waals surface area contributed by atoms with Crippen LogP contribution in [0.4, 0.5) is 0 Å². The normalized spacial score (nSPS) is 11.6. The molecule has 1 nitrogen and oxygen atoms in total. The van der Waals surface area contributed by atoms with Crippen LogP contribution in [0, 0.1) is 55.4 Å². The van der Waals surface area contributed by atoms with Crippen LogP contribution in [-0.2, 0) is 0 Å². The van der Waals surface area contributed by atoms with E-state index in [9.17, 15) is 0 Å². The maximum Gasteiger partial charge on any atom is 0.0541 e. The number of aryl methyl sites for hydroxylation is 8. The molecule has 6 aromatic rings. The Bertz CT molecular complexity index is 1750. The van der Waals surface area contributed by atoms with Gasteiger partial charge in [-0.3, -0.25) is 0 Å². The Labute approximate surface area is 232 Å². The fourth-order valence-corrected chi connectivity index (χ4v) is 6.83. The number of benzene rings is 5. The molecular weight excluding hydrogens is 470 g/mol. The van der Waals surface area contributed by atoms with Crippen LogP contribution in [0.3, 0.4) is 0 Å². The molecule has 6 rings (SSSR count). The number of nitrogens with zero attached hydrogens (tertiary/aromatic N) is 1. The van der Waals surface area contributed by atoms with E-state index in [1.54, 1.807) is 0 Å². The van der Waals surface area contributed by atoms with Gasteiger partial charge in [0.25, 0.3) is 0 Å². The van der Waals surface area contributed by atoms with Gasteiger partial charge in [0.05, 0.1) is 11.0 Å². The van der Waals surface area contributed by atoms with E-state index in [4.69, 9.17) is 0 Å². The maximum atomic E-state index is 2.47. The first-order valence-electron chi connectivity index (χ1n) is 13.9. The summed E-state index contributed by atoms with van der Waals surface area (Å²) in [6, 6.07) is 30.1. The maximum absolute atomic E-state index is 2.47. The molecule has 0 saturated carbocycles. The summed E-state index contributed by atoms with van der Waals surface area (Å²) in [6.45, 7) is 17.7. The predicted molar refractivity (Wildman–Crippen MR) is 170 cm³/mol. The number of aromatic nitrogens is 1. The minimum Gasteiger partial charge on any atom is -0.309 e. The lowest BCUT2D eigenvalue weighted by atomic mass is 9.88. The van der Waals surface area contributed by atoms with Crippen molar-refractivity contribution in [2.45, 2.75) is 55.4 Å². The number of fused-ring (bicyclic) bond motifs is 3. The standard InChI is InChI=1S/C38H37N/c1-22-9-11-35-33(17-22)34-18-23(2)10-12-36(34)39(35)32-20-30(37-26(5)13-24(3)14-27(37)6)19-31(21-32)38-28(7)15-25(4)16-29(38)8/h9-21H,1-8H3. The largest absolute Gasteiger partial charge is 0.309 e. The summed E-state index contributed by atoms with van der Waals surface area (Å²) in [5.41, 5.74) is 19.4. The Kier molecular flexibility index (Phi) is 5.99. The predicted octanol–water partition coefficient (Wildman–Crippen LogP) is 10.6. The van der Waals surface area contributed by atoms with Gasteiger partial charge in [-0.2, -0.15) is 0 Å². The summed E-state index contributed by atoms with van der Waals surface area (Å²) in [5.74, 6) is 0. The Morgan fingerprint density at radius 1 is 0.385 bits per heavy atom. The molecule has 0 N–H and O–H groups in total. The first kappa shape index (κ1) is 25.2. The molecule has 194 valence electrons. The van der Waals surface area contributed by atoms with Crippen LogP contribution < -0.4 is 0 Å². The number of hydrogen-bond donors (Lipinski definition) is 0. The van der Waals surface area contributed by atoms with E-state index >= 15 is 0 Å². The lowest BCUT2D eigenvalue weighted by Gasteiger charge is -2.19. The molecule has 1 aromatic heterocycles. The lowest BCUT2D eigenvalue weighted by molar-refractivity contribution is 1.18. The molecule has 0 fully saturated rings. The van der Waals surface area contributed by atoms with E-state index in [2.05, 4.69) is 139 Å². The van der Waals surface area contributed by atoms with E-state index in [1.165, 1.54) is 94.3 Å². The fourth-order valence-electron chi connectivity index (χ4n) is 6.83. The molecule has 0 saturated heterocycles. The van der Waals surface area contributed by atoms with Crippen LogP contribution in [0.25, 0.3) is 49.7 Å². The second-order valence-corrected chi connectivity index (χ2v) is 11.7. The average Bonchev–Trinajstić information content (AvgIpc) is 3.15. The monoisotopic (exact) mass is 507 g/mol. The third kappa shape index (κ3) is 4.27. The summed E-state index contributed by atoms with van der Waals surface area (Å²) in [6.07, 6.45) is 0. The van der Waals surface area contributed by atoms with Crippen LogP contribution in [0.5, 0.6) is 0 Å². The quantitative estimate of drug-likeness (QED) is 0.224. The van der Waals surface area contributed by atoms with E-state index < -0.39 is 0 Å². The second kappa shape index (κ2) is 9.27. The molecule has 0 unspecified atom stereocenters. The van der Waals surface area contributed by atoms with Gasteiger partial charge in [0.2, 0.25) is 0 Å². The van der Waals surface area contributed by atoms with Crippen LogP contribution in [0.2, 0.25) is 0 Å². The summed E-state index contributed by atoms with van der Waals surface area (Å²) in [4.78, 5) is 0. The third-order valence-corrected chi connectivity index (χ3v) is 8.18. The molecule has 1 heterocycles. The highest BCUT2D eigenvalue weighted by atomic mass is 15.0. The van der Waals surface area contributed by atoms with Gasteiger partial charge in [0.15, 0.2) is 0 Å². The summed E-state index contributed by atoms with van der Waals surface area (Å²) in [7, 11) is 0. The van der Waals surface area contributed by atoms with Crippen molar-refractivity contribution in [1.82, 2.24) is 4.57 Å². The topological polar surface area (TPSA) is 4.93 Å². The Morgan fingerprint density at radius 2 is 0.769 bits per heavy atom. The van der Waals surface area contributed by atoms with Crippen molar-refractivity contribution in [3.8, 4) is 27.9 Å². The minimum atomic E-state index is 1.20. The number of hydrogen-bond acceptors (Lipinski definition) is 0. The van der Waals surface area contributed by atoms with Gasteiger partial charge in [0.1, 0.15) is 0 Å². The molecule has 39 heavy (non-hydrogen) atoms. The van der Waals surface area contributed by atoms with Crippen molar-refractivity contribution in [1.29, 1.82) is 0 Å².